The number of fused-ring (bicyclic) bond motifs is 2. The van der Waals surface area contributed by atoms with E-state index in [2.05, 4.69) is 15.2 Å². The zero-order valence-electron chi connectivity index (χ0n) is 19.5. The van der Waals surface area contributed by atoms with Gasteiger partial charge >= 0.3 is 0 Å². The lowest BCUT2D eigenvalue weighted by atomic mass is 10.0. The number of pyridine rings is 1. The molecule has 1 atom stereocenters. The molecule has 9 nitrogen and oxygen atoms in total. The van der Waals surface area contributed by atoms with Gasteiger partial charge in [0.2, 0.25) is 0 Å². The third-order valence-electron chi connectivity index (χ3n) is 6.05. The van der Waals surface area contributed by atoms with Crippen LogP contribution in [0.2, 0.25) is 0 Å². The van der Waals surface area contributed by atoms with Crippen molar-refractivity contribution in [2.45, 2.75) is 16.7 Å². The predicted octanol–water partition coefficient (Wildman–Crippen LogP) is 4.15. The third-order valence-corrected chi connectivity index (χ3v) is 8.92. The topological polar surface area (TPSA) is 126 Å². The van der Waals surface area contributed by atoms with Crippen LogP contribution in [0.4, 0.5) is 5.69 Å². The van der Waals surface area contributed by atoms with E-state index in [9.17, 15) is 12.6 Å². The highest BCUT2D eigenvalue weighted by molar-refractivity contribution is 7.90. The van der Waals surface area contributed by atoms with E-state index in [1.807, 2.05) is 31.2 Å². The highest BCUT2D eigenvalue weighted by Crippen LogP contribution is 2.31. The Morgan fingerprint density at radius 3 is 2.38 bits per heavy atom. The van der Waals surface area contributed by atoms with Gasteiger partial charge in [-0.1, -0.05) is 35.9 Å². The molecule has 0 aliphatic carbocycles. The Morgan fingerprint density at radius 2 is 1.62 bits per heavy atom. The minimum atomic E-state index is -3.91. The third kappa shape index (κ3) is 3.88. The lowest BCUT2D eigenvalue weighted by Crippen LogP contribution is -2.14. The maximum Gasteiger partial charge on any atom is 0.284 e. The van der Waals surface area contributed by atoms with E-state index < -0.39 is 21.0 Å². The van der Waals surface area contributed by atoms with E-state index in [4.69, 9.17) is 5.73 Å². The van der Waals surface area contributed by atoms with Gasteiger partial charge in [0.15, 0.2) is 16.6 Å². The normalized spacial score (nSPS) is 12.8. The lowest BCUT2D eigenvalue weighted by molar-refractivity contribution is 0.582. The Bertz CT molecular complexity index is 1930. The predicted molar refractivity (Wildman–Crippen MR) is 143 cm³/mol. The molecular formula is C26H20N6O3S2. The first-order valence-electron chi connectivity index (χ1n) is 11.2. The average molecular weight is 529 g/mol. The van der Waals surface area contributed by atoms with Crippen LogP contribution in [-0.2, 0) is 21.0 Å². The van der Waals surface area contributed by atoms with Gasteiger partial charge < -0.3 is 5.73 Å². The number of nitrogens with zero attached hydrogens (tertiary/aromatic N) is 5. The second-order valence-electron chi connectivity index (χ2n) is 8.52. The van der Waals surface area contributed by atoms with Gasteiger partial charge in [0.25, 0.3) is 10.0 Å². The zero-order chi connectivity index (χ0) is 25.7. The number of nitrogens with two attached hydrogens (primary N) is 1. The number of benzene rings is 3. The molecule has 0 aliphatic rings. The number of aryl methyl sites for hydroxylation is 1. The van der Waals surface area contributed by atoms with Gasteiger partial charge in [-0.05, 0) is 55.0 Å². The number of aromatic nitrogens is 5. The smallest absolute Gasteiger partial charge is 0.284 e. The molecule has 6 rings (SSSR count). The molecule has 3 heterocycles. The molecule has 0 saturated carbocycles. The van der Waals surface area contributed by atoms with Crippen LogP contribution in [0.15, 0.2) is 101 Å². The molecule has 1 unspecified atom stereocenters. The van der Waals surface area contributed by atoms with Crippen molar-refractivity contribution in [2.75, 3.05) is 5.73 Å². The summed E-state index contributed by atoms with van der Waals surface area (Å²) in [5.74, 6) is 0. The molecule has 0 radical (unpaired) electrons. The standard InChI is InChI=1S/C26H20N6O3S2/c1-17-7-9-22(10-8-17)37(34,35)32-26-20(15-30-32)11-19(14-28-26)18-12-24(27)23-16-29-31(25(23)13-18)36(33)21-5-3-2-4-6-21/h2-16H,27H2,1H3. The van der Waals surface area contributed by atoms with Crippen molar-refractivity contribution in [3.05, 3.63) is 97.0 Å². The quantitative estimate of drug-likeness (QED) is 0.333. The first kappa shape index (κ1) is 23.1. The van der Waals surface area contributed by atoms with E-state index in [1.54, 1.807) is 60.9 Å². The monoisotopic (exact) mass is 528 g/mol. The molecule has 184 valence electrons. The van der Waals surface area contributed by atoms with Crippen LogP contribution >= 0.6 is 0 Å². The van der Waals surface area contributed by atoms with Crippen LogP contribution in [0.25, 0.3) is 33.1 Å². The number of rotatable bonds is 5. The van der Waals surface area contributed by atoms with Crippen molar-refractivity contribution in [3.8, 4) is 11.1 Å². The Morgan fingerprint density at radius 1 is 0.865 bits per heavy atom. The fourth-order valence-electron chi connectivity index (χ4n) is 4.11. The number of anilines is 1. The van der Waals surface area contributed by atoms with E-state index in [0.29, 0.717) is 32.4 Å². The summed E-state index contributed by atoms with van der Waals surface area (Å²) in [5, 5.41) is 9.67. The maximum atomic E-state index is 13.2. The van der Waals surface area contributed by atoms with Gasteiger partial charge in [0.1, 0.15) is 0 Å². The molecule has 0 bridgehead atoms. The highest BCUT2D eigenvalue weighted by atomic mass is 32.2. The zero-order valence-corrected chi connectivity index (χ0v) is 21.1. The summed E-state index contributed by atoms with van der Waals surface area (Å²) in [5.41, 5.74) is 10.0. The summed E-state index contributed by atoms with van der Waals surface area (Å²) in [6.45, 7) is 1.89. The first-order chi connectivity index (χ1) is 17.8. The van der Waals surface area contributed by atoms with Crippen molar-refractivity contribution in [1.29, 1.82) is 0 Å². The van der Waals surface area contributed by atoms with Gasteiger partial charge in [0, 0.05) is 28.2 Å². The van der Waals surface area contributed by atoms with Crippen molar-refractivity contribution in [2.24, 2.45) is 0 Å². The van der Waals surface area contributed by atoms with Crippen LogP contribution in [-0.4, -0.2) is 36.0 Å². The van der Waals surface area contributed by atoms with Gasteiger partial charge in [-0.25, -0.2) is 9.19 Å². The molecule has 6 aromatic rings. The summed E-state index contributed by atoms with van der Waals surface area (Å²) in [6.07, 6.45) is 4.63. The Hall–Kier alpha value is -4.35. The van der Waals surface area contributed by atoms with Gasteiger partial charge in [-0.15, -0.1) is 4.09 Å². The minimum Gasteiger partial charge on any atom is -0.398 e. The number of nitrogen functional groups attached to an aromatic ring is 1. The molecule has 0 fully saturated rings. The van der Waals surface area contributed by atoms with Crippen LogP contribution < -0.4 is 5.73 Å². The fraction of sp³-hybridized carbons (Fsp3) is 0.0385. The Kier molecular flexibility index (Phi) is 5.39. The molecule has 2 N–H and O–H groups in total. The maximum absolute atomic E-state index is 13.2. The largest absolute Gasteiger partial charge is 0.398 e. The molecule has 37 heavy (non-hydrogen) atoms. The molecular weight excluding hydrogens is 508 g/mol. The number of hydrogen-bond acceptors (Lipinski definition) is 7. The van der Waals surface area contributed by atoms with E-state index in [1.165, 1.54) is 10.3 Å². The van der Waals surface area contributed by atoms with Crippen molar-refractivity contribution in [1.82, 2.24) is 23.4 Å². The average Bonchev–Trinajstić information content (AvgIpc) is 3.54. The Labute approximate surface area is 214 Å². The minimum absolute atomic E-state index is 0.131. The molecule has 3 aromatic heterocycles. The lowest BCUT2D eigenvalue weighted by Gasteiger charge is -2.08. The molecule has 0 amide bonds. The van der Waals surface area contributed by atoms with Gasteiger partial charge in [0.05, 0.1) is 27.7 Å². The van der Waals surface area contributed by atoms with Crippen molar-refractivity contribution in [3.63, 3.8) is 0 Å². The summed E-state index contributed by atoms with van der Waals surface area (Å²) >= 11 is 0. The molecule has 3 aromatic carbocycles. The summed E-state index contributed by atoms with van der Waals surface area (Å²) in [6, 6.07) is 21.0. The van der Waals surface area contributed by atoms with Crippen LogP contribution in [0.1, 0.15) is 5.56 Å². The van der Waals surface area contributed by atoms with Crippen LogP contribution in [0.5, 0.6) is 0 Å². The number of hydrogen-bond donors (Lipinski definition) is 1. The fourth-order valence-corrected chi connectivity index (χ4v) is 6.39. The second kappa shape index (κ2) is 8.64. The second-order valence-corrected chi connectivity index (χ2v) is 11.6. The summed E-state index contributed by atoms with van der Waals surface area (Å²) < 4.78 is 41.9. The highest BCUT2D eigenvalue weighted by Gasteiger charge is 2.22. The molecule has 11 heteroatoms. The van der Waals surface area contributed by atoms with E-state index >= 15 is 0 Å². The van der Waals surface area contributed by atoms with E-state index in [-0.39, 0.29) is 10.5 Å². The van der Waals surface area contributed by atoms with Gasteiger partial charge in [-0.3, -0.25) is 0 Å². The summed E-state index contributed by atoms with van der Waals surface area (Å²) in [4.78, 5) is 5.17. The van der Waals surface area contributed by atoms with E-state index in [0.717, 1.165) is 15.2 Å². The van der Waals surface area contributed by atoms with Gasteiger partial charge in [-0.2, -0.15) is 22.7 Å². The SMILES string of the molecule is Cc1ccc(S(=O)(=O)n2ncc3cc(-c4cc(N)c5cnn(S(=O)c6ccccc6)c5c4)cnc32)cc1. The van der Waals surface area contributed by atoms with Crippen molar-refractivity contribution >= 4 is 48.6 Å². The molecule has 0 spiro atoms. The molecule has 0 aliphatic heterocycles. The van der Waals surface area contributed by atoms with Crippen molar-refractivity contribution < 1.29 is 12.6 Å². The molecule has 0 saturated heterocycles. The van der Waals surface area contributed by atoms with Crippen LogP contribution in [0, 0.1) is 6.92 Å². The Balaban J connectivity index is 1.43. The van der Waals surface area contributed by atoms with Crippen LogP contribution in [0.3, 0.4) is 0 Å². The summed E-state index contributed by atoms with van der Waals surface area (Å²) in [7, 11) is -5.47. The first-order valence-corrected chi connectivity index (χ1v) is 13.8.